The highest BCUT2D eigenvalue weighted by Crippen LogP contribution is 2.42. The summed E-state index contributed by atoms with van der Waals surface area (Å²) in [6.45, 7) is 11.0. The Labute approximate surface area is 799 Å². The number of rotatable bonds is 14. The van der Waals surface area contributed by atoms with Gasteiger partial charge in [0, 0.05) is 5.56 Å². The lowest BCUT2D eigenvalue weighted by Crippen LogP contribution is -2.27. The molecule has 5 aromatic carbocycles. The van der Waals surface area contributed by atoms with Crippen molar-refractivity contribution in [3.63, 3.8) is 0 Å². The normalized spacial score (nSPS) is 12.0. The molecule has 137 heavy (non-hydrogen) atoms. The van der Waals surface area contributed by atoms with Crippen molar-refractivity contribution < 1.29 is 44.6 Å². The highest BCUT2D eigenvalue weighted by Gasteiger charge is 2.39. The van der Waals surface area contributed by atoms with Gasteiger partial charge in [0.2, 0.25) is 0 Å². The summed E-state index contributed by atoms with van der Waals surface area (Å²) in [5.74, 6) is 1.70. The fourth-order valence-electron chi connectivity index (χ4n) is 15.8. The number of nitrogens with two attached hydrogens (primary N) is 4. The van der Waals surface area contributed by atoms with E-state index in [1.807, 2.05) is 30.5 Å². The molecule has 16 heterocycles. The minimum Gasteiger partial charge on any atom is -0.508 e. The molecule has 0 bridgehead atoms. The molecule has 694 valence electrons. The number of anilines is 4. The molecule has 0 saturated carbocycles. The number of hydrogen-bond donors (Lipinski definition) is 5. The zero-order valence-electron chi connectivity index (χ0n) is 71.4. The molecular formula is C88H64Br2ClF9N28O5S4. The summed E-state index contributed by atoms with van der Waals surface area (Å²) in [4.78, 5) is 108. The van der Waals surface area contributed by atoms with Gasteiger partial charge in [-0.05, 0) is 169 Å². The number of nitrogen functional groups attached to an aromatic ring is 4. The average Bonchev–Trinajstić information content (AvgIpc) is 1.68. The number of para-hydroxylation sites is 4. The predicted octanol–water partition coefficient (Wildman–Crippen LogP) is 17.8. The largest absolute Gasteiger partial charge is 0.508 e. The van der Waals surface area contributed by atoms with Gasteiger partial charge in [-0.15, -0.1) is 45.3 Å². The van der Waals surface area contributed by atoms with Gasteiger partial charge in [-0.2, -0.15) is 59.9 Å². The summed E-state index contributed by atoms with van der Waals surface area (Å²) in [6.07, 6.45) is -8.94. The first-order chi connectivity index (χ1) is 65.3. The molecule has 21 aromatic rings. The third-order valence-electron chi connectivity index (χ3n) is 22.0. The Balaban J connectivity index is 0.000000122. The molecule has 0 amide bonds. The number of aromatic nitrogens is 24. The minimum atomic E-state index is -4.71. The molecule has 16 aromatic heterocycles. The molecule has 0 spiro atoms. The fraction of sp³-hybridized carbons (Fsp3) is 0.159. The van der Waals surface area contributed by atoms with E-state index in [-0.39, 0.29) is 128 Å². The molecule has 0 radical (unpaired) electrons. The first-order valence-corrected chi connectivity index (χ1v) is 46.0. The van der Waals surface area contributed by atoms with Gasteiger partial charge < -0.3 is 28.0 Å². The molecule has 49 heteroatoms. The van der Waals surface area contributed by atoms with Crippen LogP contribution in [0.1, 0.15) is 87.6 Å². The number of benzene rings is 5. The molecule has 9 N–H and O–H groups in total. The molecule has 21 rings (SSSR count). The van der Waals surface area contributed by atoms with Gasteiger partial charge >= 0.3 is 18.5 Å². The number of nitrogens with zero attached hydrogens (tertiary/aromatic N) is 24. The number of hydrogen-bond acceptors (Lipinski definition) is 29. The van der Waals surface area contributed by atoms with E-state index >= 15 is 0 Å². The fourth-order valence-corrected chi connectivity index (χ4v) is 21.0. The molecule has 0 aliphatic heterocycles. The van der Waals surface area contributed by atoms with Crippen LogP contribution in [0.4, 0.5) is 62.8 Å². The predicted molar refractivity (Wildman–Crippen MR) is 512 cm³/mol. The van der Waals surface area contributed by atoms with Crippen LogP contribution in [-0.2, 0) is 44.7 Å². The van der Waals surface area contributed by atoms with Crippen LogP contribution in [0.2, 0.25) is 5.15 Å². The number of alkyl halides is 9. The van der Waals surface area contributed by atoms with E-state index in [4.69, 9.17) is 39.5 Å². The molecular weight excluding hydrogens is 2020 g/mol. The highest BCUT2D eigenvalue weighted by molar-refractivity contribution is 9.10. The maximum absolute atomic E-state index is 14.0. The number of fused-ring (bicyclic) bond motifs is 8. The summed E-state index contributed by atoms with van der Waals surface area (Å²) in [6, 6.07) is 28.9. The van der Waals surface area contributed by atoms with Crippen molar-refractivity contribution in [2.24, 2.45) is 0 Å². The number of phenols is 1. The van der Waals surface area contributed by atoms with Crippen LogP contribution >= 0.6 is 88.8 Å². The Bertz CT molecular complexity index is 8480. The molecule has 0 fully saturated rings. The second-order valence-corrected chi connectivity index (χ2v) is 36.4. The zero-order chi connectivity index (χ0) is 97.0. The number of aromatic hydroxyl groups is 1. The van der Waals surface area contributed by atoms with Crippen LogP contribution in [0.3, 0.4) is 0 Å². The van der Waals surface area contributed by atoms with Crippen molar-refractivity contribution >= 4 is 197 Å². The van der Waals surface area contributed by atoms with E-state index in [2.05, 4.69) is 127 Å². The van der Waals surface area contributed by atoms with E-state index in [9.17, 15) is 63.8 Å². The van der Waals surface area contributed by atoms with Gasteiger partial charge in [0.15, 0.2) is 27.7 Å². The molecule has 0 saturated heterocycles. The Morgan fingerprint density at radius 1 is 0.380 bits per heavy atom. The van der Waals surface area contributed by atoms with E-state index in [0.717, 1.165) is 48.7 Å². The van der Waals surface area contributed by atoms with Gasteiger partial charge in [0.1, 0.15) is 143 Å². The Hall–Kier alpha value is -14.7. The van der Waals surface area contributed by atoms with Gasteiger partial charge in [0.25, 0.3) is 22.2 Å². The highest BCUT2D eigenvalue weighted by atomic mass is 79.9. The van der Waals surface area contributed by atoms with Crippen molar-refractivity contribution in [2.45, 2.75) is 92.2 Å². The number of phenolic OH excluding ortho intramolecular Hbond substituents is 1. The average molecular weight is 2090 g/mol. The summed E-state index contributed by atoms with van der Waals surface area (Å²) in [5.41, 5.74) is 25.3. The third kappa shape index (κ3) is 17.1. The molecule has 0 unspecified atom stereocenters. The van der Waals surface area contributed by atoms with Crippen LogP contribution in [0, 0.1) is 27.7 Å². The lowest BCUT2D eigenvalue weighted by atomic mass is 10.0. The second kappa shape index (κ2) is 36.2. The van der Waals surface area contributed by atoms with Crippen molar-refractivity contribution in [3.05, 3.63) is 292 Å². The number of aryl methyl sites for hydroxylation is 4. The van der Waals surface area contributed by atoms with Crippen molar-refractivity contribution in [3.8, 4) is 39.8 Å². The van der Waals surface area contributed by atoms with Gasteiger partial charge in [0.05, 0.1) is 77.1 Å². The lowest BCUT2D eigenvalue weighted by Gasteiger charge is -2.18. The molecule has 33 nitrogen and oxygen atoms in total. The minimum absolute atomic E-state index is 0.00315. The maximum atomic E-state index is 14.0. The van der Waals surface area contributed by atoms with Crippen LogP contribution < -0.4 is 45.2 Å². The Morgan fingerprint density at radius 3 is 1.03 bits per heavy atom. The number of halogens is 12. The summed E-state index contributed by atoms with van der Waals surface area (Å²) < 4.78 is 136. The van der Waals surface area contributed by atoms with Gasteiger partial charge in [-0.3, -0.25) is 37.4 Å². The Kier molecular flexibility index (Phi) is 24.5. The maximum Gasteiger partial charge on any atom is 0.418 e. The van der Waals surface area contributed by atoms with Crippen LogP contribution in [0.25, 0.3) is 119 Å². The molecule has 0 aliphatic carbocycles. The second-order valence-electron chi connectivity index (χ2n) is 31.1. The molecule has 0 atom stereocenters. The number of thiophene rings is 4. The van der Waals surface area contributed by atoms with Crippen LogP contribution in [-0.4, -0.2) is 122 Å². The van der Waals surface area contributed by atoms with Crippen LogP contribution in [0.15, 0.2) is 197 Å². The Morgan fingerprint density at radius 2 is 0.679 bits per heavy atom. The monoisotopic (exact) mass is 2080 g/mol. The first kappa shape index (κ1) is 92.7. The van der Waals surface area contributed by atoms with E-state index in [0.29, 0.717) is 106 Å². The zero-order valence-corrected chi connectivity index (χ0v) is 78.6. The smallest absolute Gasteiger partial charge is 0.418 e. The summed E-state index contributed by atoms with van der Waals surface area (Å²) in [7, 11) is 0. The van der Waals surface area contributed by atoms with E-state index < -0.39 is 51.9 Å². The van der Waals surface area contributed by atoms with Crippen molar-refractivity contribution in [1.82, 2.24) is 117 Å². The summed E-state index contributed by atoms with van der Waals surface area (Å²) in [5, 5.41) is 38.2. The SMILES string of the molecule is Cc1csc2nc(Cn3nc(-c4cccc(O)c4)c4c(N)ncnc43)n(-c3ccccc3C(F)(F)F)c(=O)c12.Cc1csc2nc(Cn3nc(Br)c4c(N)ncnc43)n(-c3ccccc3C(C)C)c(=O)c12.Cc1csc2nc(Cn3nc(Br)c4c(N)ncnc43)n(-c3ccccc3C(F)(F)F)c(=O)c12.Cc1csc2nc(Cn3nc(Cl)c4c(N)ncnc43)n(-c3ccccc3C(F)(F)F)c(=O)c12. The first-order valence-electron chi connectivity index (χ1n) is 40.5. The van der Waals surface area contributed by atoms with Gasteiger partial charge in [-0.25, -0.2) is 78.5 Å². The van der Waals surface area contributed by atoms with Crippen molar-refractivity contribution in [1.29, 1.82) is 0 Å². The van der Waals surface area contributed by atoms with Crippen LogP contribution in [0.5, 0.6) is 5.75 Å². The standard InChI is InChI=1S/C26H18F3N7O2S.C22H20BrN7OS.C20H13BrF3N7OS.C20H13ClF3N7OS/c1-13-11-39-24-19(13)25(38)36(17-8-3-2-7-16(17)26(27,28)29)18(33-24)10-35-23-20(22(30)31-12-32-23)21(34-35)14-5-4-6-15(37)9-14;1-11(2)13-6-4-5-7-14(13)30-15(27-21-16(22(30)31)12(3)9-32-21)8-29-20-17(18(23)28-29)19(24)25-10-26-20;2*1-9-7-33-18-13(9)19(32)31(11-5-3-2-4-10(11)20(22,23)24)12(28-18)6-30-17-14(15(21)29-30)16(25)26-8-27-17/h2-9,11-12,37H,10H2,1H3,(H2,30,31,32);4-7,9-11H,8H2,1-3H3,(H2,24,25,26);2*2-5,7-8H,6H2,1H3,(H2,25,26,27). The topological polar surface area (TPSA) is 438 Å². The van der Waals surface area contributed by atoms with E-state index in [1.54, 1.807) is 58.3 Å². The lowest BCUT2D eigenvalue weighted by molar-refractivity contribution is -0.138. The quantitative estimate of drug-likeness (QED) is 0.0631. The third-order valence-corrected chi connectivity index (χ3v) is 27.3. The van der Waals surface area contributed by atoms with E-state index in [1.165, 1.54) is 151 Å². The summed E-state index contributed by atoms with van der Waals surface area (Å²) >= 11 is 18.1. The van der Waals surface area contributed by atoms with Crippen molar-refractivity contribution in [2.75, 3.05) is 22.9 Å². The van der Waals surface area contributed by atoms with Gasteiger partial charge in [-0.1, -0.05) is 92.2 Å². The molecule has 0 aliphatic rings.